The summed E-state index contributed by atoms with van der Waals surface area (Å²) >= 11 is 0. The van der Waals surface area contributed by atoms with Crippen molar-refractivity contribution in [2.24, 2.45) is 5.92 Å². The highest BCUT2D eigenvalue weighted by Gasteiger charge is 2.31. The van der Waals surface area contributed by atoms with Crippen LogP contribution in [-0.4, -0.2) is 11.9 Å². The van der Waals surface area contributed by atoms with Gasteiger partial charge < -0.3 is 5.32 Å². The van der Waals surface area contributed by atoms with Crippen LogP contribution in [0.4, 0.5) is 13.2 Å². The Morgan fingerprint density at radius 1 is 0.963 bits per heavy atom. The predicted octanol–water partition coefficient (Wildman–Crippen LogP) is 5.63. The summed E-state index contributed by atoms with van der Waals surface area (Å²) in [5, 5.41) is 2.90. The van der Waals surface area contributed by atoms with Gasteiger partial charge in [-0.1, -0.05) is 36.4 Å². The molecule has 2 aromatic rings. The average molecular weight is 375 g/mol. The maximum atomic E-state index is 12.8. The number of rotatable bonds is 5. The van der Waals surface area contributed by atoms with Crippen LogP contribution in [0.3, 0.4) is 0 Å². The number of carbonyl (C=O) groups is 1. The van der Waals surface area contributed by atoms with Crippen molar-refractivity contribution in [2.45, 2.75) is 50.7 Å². The van der Waals surface area contributed by atoms with Crippen LogP contribution in [-0.2, 0) is 12.6 Å². The molecule has 0 atom stereocenters. The van der Waals surface area contributed by atoms with E-state index in [0.717, 1.165) is 50.7 Å². The highest BCUT2D eigenvalue weighted by molar-refractivity contribution is 5.94. The van der Waals surface area contributed by atoms with Crippen LogP contribution >= 0.6 is 0 Å². The molecule has 3 rings (SSSR count). The first-order valence-corrected chi connectivity index (χ1v) is 9.44. The van der Waals surface area contributed by atoms with E-state index in [9.17, 15) is 18.0 Å². The molecule has 0 aliphatic heterocycles. The Bertz CT molecular complexity index is 750. The number of amides is 1. The number of carbonyl (C=O) groups excluding carboxylic acids is 1. The fourth-order valence-corrected chi connectivity index (χ4v) is 3.72. The molecule has 1 aliphatic carbocycles. The zero-order valence-corrected chi connectivity index (χ0v) is 15.1. The molecule has 5 heteroatoms. The SMILES string of the molecule is O=C(NC1CCC(CCc2ccccc2)CC1)c1cccc(C(F)(F)F)c1. The molecule has 27 heavy (non-hydrogen) atoms. The summed E-state index contributed by atoms with van der Waals surface area (Å²) in [5.41, 5.74) is 0.619. The number of hydrogen-bond donors (Lipinski definition) is 1. The van der Waals surface area contributed by atoms with Crippen molar-refractivity contribution >= 4 is 5.91 Å². The van der Waals surface area contributed by atoms with E-state index in [1.54, 1.807) is 0 Å². The Hall–Kier alpha value is -2.30. The van der Waals surface area contributed by atoms with Gasteiger partial charge in [0.2, 0.25) is 0 Å². The molecular formula is C22H24F3NO. The molecule has 0 heterocycles. The Morgan fingerprint density at radius 3 is 2.33 bits per heavy atom. The second-order valence-electron chi connectivity index (χ2n) is 7.29. The standard InChI is InChI=1S/C22H24F3NO/c23-22(24,25)19-8-4-7-18(15-19)21(27)26-20-13-11-17(12-14-20)10-9-16-5-2-1-3-6-16/h1-8,15,17,20H,9-14H2,(H,26,27). The summed E-state index contributed by atoms with van der Waals surface area (Å²) < 4.78 is 38.4. The van der Waals surface area contributed by atoms with E-state index in [2.05, 4.69) is 29.6 Å². The van der Waals surface area contributed by atoms with Crippen LogP contribution < -0.4 is 5.32 Å². The largest absolute Gasteiger partial charge is 0.416 e. The summed E-state index contributed by atoms with van der Waals surface area (Å²) in [6.45, 7) is 0. The lowest BCUT2D eigenvalue weighted by Crippen LogP contribution is -2.37. The predicted molar refractivity (Wildman–Crippen MR) is 99.4 cm³/mol. The number of benzene rings is 2. The van der Waals surface area contributed by atoms with Gasteiger partial charge in [-0.25, -0.2) is 0 Å². The maximum Gasteiger partial charge on any atom is 0.416 e. The Labute approximate surface area is 157 Å². The molecule has 1 amide bonds. The van der Waals surface area contributed by atoms with E-state index in [4.69, 9.17) is 0 Å². The Morgan fingerprint density at radius 2 is 1.67 bits per heavy atom. The van der Waals surface area contributed by atoms with Crippen molar-refractivity contribution in [3.8, 4) is 0 Å². The van der Waals surface area contributed by atoms with Gasteiger partial charge in [-0.3, -0.25) is 4.79 Å². The summed E-state index contributed by atoms with van der Waals surface area (Å²) in [4.78, 5) is 12.3. The number of hydrogen-bond acceptors (Lipinski definition) is 1. The van der Waals surface area contributed by atoms with Gasteiger partial charge in [-0.2, -0.15) is 13.2 Å². The van der Waals surface area contributed by atoms with Crippen LogP contribution in [0, 0.1) is 5.92 Å². The summed E-state index contributed by atoms with van der Waals surface area (Å²) in [6.07, 6.45) is 1.60. The highest BCUT2D eigenvalue weighted by Crippen LogP contribution is 2.30. The maximum absolute atomic E-state index is 12.8. The van der Waals surface area contributed by atoms with Gasteiger partial charge in [0.25, 0.3) is 5.91 Å². The third-order valence-corrected chi connectivity index (χ3v) is 5.32. The normalized spacial score (nSPS) is 20.3. The third-order valence-electron chi connectivity index (χ3n) is 5.32. The highest BCUT2D eigenvalue weighted by atomic mass is 19.4. The molecule has 1 aliphatic rings. The monoisotopic (exact) mass is 375 g/mol. The quantitative estimate of drug-likeness (QED) is 0.721. The van der Waals surface area contributed by atoms with Crippen molar-refractivity contribution in [2.75, 3.05) is 0 Å². The fraction of sp³-hybridized carbons (Fsp3) is 0.409. The third kappa shape index (κ3) is 5.59. The molecule has 2 aromatic carbocycles. The molecule has 1 saturated carbocycles. The Balaban J connectivity index is 1.47. The van der Waals surface area contributed by atoms with Gasteiger partial charge in [-0.15, -0.1) is 0 Å². The minimum absolute atomic E-state index is 0.0417. The minimum Gasteiger partial charge on any atom is -0.349 e. The van der Waals surface area contributed by atoms with Crippen molar-refractivity contribution in [1.82, 2.24) is 5.32 Å². The van der Waals surface area contributed by atoms with Gasteiger partial charge in [-0.05, 0) is 68.2 Å². The van der Waals surface area contributed by atoms with Gasteiger partial charge in [0.15, 0.2) is 0 Å². The number of alkyl halides is 3. The van der Waals surface area contributed by atoms with Crippen LogP contribution in [0.1, 0.15) is 53.6 Å². The fourth-order valence-electron chi connectivity index (χ4n) is 3.72. The van der Waals surface area contributed by atoms with E-state index < -0.39 is 17.6 Å². The molecule has 0 radical (unpaired) electrons. The smallest absolute Gasteiger partial charge is 0.349 e. The molecule has 1 N–H and O–H groups in total. The van der Waals surface area contributed by atoms with Gasteiger partial charge in [0.1, 0.15) is 0 Å². The summed E-state index contributed by atoms with van der Waals surface area (Å²) in [6, 6.07) is 15.0. The molecule has 0 aromatic heterocycles. The van der Waals surface area contributed by atoms with E-state index >= 15 is 0 Å². The van der Waals surface area contributed by atoms with Crippen molar-refractivity contribution in [3.63, 3.8) is 0 Å². The molecule has 1 fully saturated rings. The summed E-state index contributed by atoms with van der Waals surface area (Å²) in [7, 11) is 0. The van der Waals surface area contributed by atoms with Gasteiger partial charge in [0.05, 0.1) is 5.56 Å². The zero-order valence-electron chi connectivity index (χ0n) is 15.1. The number of nitrogens with one attached hydrogen (secondary N) is 1. The van der Waals surface area contributed by atoms with Gasteiger partial charge >= 0.3 is 6.18 Å². The first-order chi connectivity index (χ1) is 12.9. The molecule has 144 valence electrons. The second kappa shape index (κ2) is 8.59. The van der Waals surface area contributed by atoms with E-state index in [0.29, 0.717) is 5.92 Å². The number of aryl methyl sites for hydroxylation is 1. The van der Waals surface area contributed by atoms with Crippen molar-refractivity contribution in [3.05, 3.63) is 71.3 Å². The van der Waals surface area contributed by atoms with Crippen molar-refractivity contribution < 1.29 is 18.0 Å². The van der Waals surface area contributed by atoms with E-state index in [1.807, 2.05) is 6.07 Å². The molecule has 2 nitrogen and oxygen atoms in total. The van der Waals surface area contributed by atoms with Crippen molar-refractivity contribution in [1.29, 1.82) is 0 Å². The van der Waals surface area contributed by atoms with Crippen LogP contribution in [0.15, 0.2) is 54.6 Å². The Kier molecular flexibility index (Phi) is 6.19. The minimum atomic E-state index is -4.44. The topological polar surface area (TPSA) is 29.1 Å². The van der Waals surface area contributed by atoms with Gasteiger partial charge in [0, 0.05) is 11.6 Å². The van der Waals surface area contributed by atoms with Crippen LogP contribution in [0.2, 0.25) is 0 Å². The molecule has 0 saturated heterocycles. The van der Waals surface area contributed by atoms with E-state index in [-0.39, 0.29) is 11.6 Å². The lowest BCUT2D eigenvalue weighted by atomic mass is 9.82. The molecular weight excluding hydrogens is 351 g/mol. The first-order valence-electron chi connectivity index (χ1n) is 9.44. The number of halogens is 3. The lowest BCUT2D eigenvalue weighted by Gasteiger charge is -2.29. The lowest BCUT2D eigenvalue weighted by molar-refractivity contribution is -0.137. The first kappa shape index (κ1) is 19.5. The molecule has 0 bridgehead atoms. The molecule has 0 spiro atoms. The van der Waals surface area contributed by atoms with Crippen LogP contribution in [0.25, 0.3) is 0 Å². The van der Waals surface area contributed by atoms with Crippen LogP contribution in [0.5, 0.6) is 0 Å². The average Bonchev–Trinajstić information content (AvgIpc) is 2.68. The summed E-state index contributed by atoms with van der Waals surface area (Å²) in [5.74, 6) is 0.223. The second-order valence-corrected chi connectivity index (χ2v) is 7.29. The van der Waals surface area contributed by atoms with E-state index in [1.165, 1.54) is 17.7 Å². The zero-order chi connectivity index (χ0) is 19.3. The molecule has 0 unspecified atom stereocenters.